The lowest BCUT2D eigenvalue weighted by molar-refractivity contribution is 0.102. The van der Waals surface area contributed by atoms with Crippen LogP contribution in [0.25, 0.3) is 17.5 Å². The molecule has 42 heavy (non-hydrogen) atoms. The number of benzene rings is 4. The van der Waals surface area contributed by atoms with Gasteiger partial charge in [0.2, 0.25) is 0 Å². The van der Waals surface area contributed by atoms with E-state index in [1.807, 2.05) is 12.1 Å². The Hall–Kier alpha value is -4.49. The molecule has 1 unspecified atom stereocenters. The fraction of sp³-hybridized carbons (Fsp3) is 0.0294. The minimum absolute atomic E-state index is 0.0135. The molecule has 8 heteroatoms. The lowest BCUT2D eigenvalue weighted by Crippen LogP contribution is -2.41. The SMILES string of the molecule is NC1=C(C(=O)c2ccccc2)C(c2ccc(Cl)cc2)C(C(=O)c2ccccc2)=c2sc(=Cc3ccc(Cl)cc3)c(=O)n21. The number of aromatic nitrogens is 1. The van der Waals surface area contributed by atoms with Gasteiger partial charge in [-0.1, -0.05) is 108 Å². The highest BCUT2D eigenvalue weighted by Crippen LogP contribution is 2.40. The normalized spacial score (nSPS) is 15.0. The maximum Gasteiger partial charge on any atom is 0.274 e. The van der Waals surface area contributed by atoms with E-state index in [1.54, 1.807) is 103 Å². The van der Waals surface area contributed by atoms with E-state index < -0.39 is 11.5 Å². The number of halogens is 2. The second-order valence-corrected chi connectivity index (χ2v) is 11.6. The molecule has 0 saturated heterocycles. The van der Waals surface area contributed by atoms with Crippen LogP contribution in [0.2, 0.25) is 10.0 Å². The predicted octanol–water partition coefficient (Wildman–Crippen LogP) is 5.89. The van der Waals surface area contributed by atoms with Gasteiger partial charge in [0.15, 0.2) is 11.6 Å². The third-order valence-corrected chi connectivity index (χ3v) is 8.69. The summed E-state index contributed by atoms with van der Waals surface area (Å²) in [5.41, 5.74) is 8.99. The smallest absolute Gasteiger partial charge is 0.274 e. The van der Waals surface area contributed by atoms with Crippen LogP contribution in [0.1, 0.15) is 37.8 Å². The Balaban J connectivity index is 1.72. The van der Waals surface area contributed by atoms with Crippen LogP contribution in [0.15, 0.2) is 120 Å². The maximum absolute atomic E-state index is 14.4. The summed E-state index contributed by atoms with van der Waals surface area (Å²) in [6.45, 7) is 0. The van der Waals surface area contributed by atoms with E-state index in [2.05, 4.69) is 0 Å². The predicted molar refractivity (Wildman–Crippen MR) is 169 cm³/mol. The topological polar surface area (TPSA) is 82.2 Å². The van der Waals surface area contributed by atoms with Gasteiger partial charge in [-0.25, -0.2) is 0 Å². The van der Waals surface area contributed by atoms with Crippen molar-refractivity contribution < 1.29 is 9.59 Å². The monoisotopic (exact) mass is 608 g/mol. The van der Waals surface area contributed by atoms with Gasteiger partial charge in [0, 0.05) is 32.7 Å². The van der Waals surface area contributed by atoms with Crippen molar-refractivity contribution in [2.24, 2.45) is 5.73 Å². The Labute approximate surface area is 255 Å². The number of Topliss-reactive ketones (excluding diaryl/α,β-unsaturated/α-hetero) is 2. The maximum atomic E-state index is 14.4. The fourth-order valence-electron chi connectivity index (χ4n) is 5.08. The Kier molecular flexibility index (Phi) is 7.52. The zero-order valence-corrected chi connectivity index (χ0v) is 24.3. The zero-order valence-electron chi connectivity index (χ0n) is 22.0. The Morgan fingerprint density at radius 3 is 1.76 bits per heavy atom. The van der Waals surface area contributed by atoms with Gasteiger partial charge in [-0.3, -0.25) is 19.0 Å². The van der Waals surface area contributed by atoms with Gasteiger partial charge in [-0.15, -0.1) is 11.3 Å². The molecule has 5 nitrogen and oxygen atoms in total. The molecule has 0 bridgehead atoms. The standard InChI is InChI=1S/C34H22Cl2N2O3S/c35-24-15-11-20(12-16-24)19-26-33(41)38-32(37)28(30(39)22-7-3-1-4-8-22)27(21-13-17-25(36)18-14-21)29(34(38)42-26)31(40)23-9-5-2-6-10-23/h1-19,27H,37H2. The quantitative estimate of drug-likeness (QED) is 0.244. The molecule has 1 aliphatic rings. The summed E-state index contributed by atoms with van der Waals surface area (Å²) < 4.78 is 2.03. The molecule has 1 aromatic heterocycles. The number of allylic oxidation sites excluding steroid dienone is 1. The van der Waals surface area contributed by atoms with Gasteiger partial charge in [-0.2, -0.15) is 0 Å². The largest absolute Gasteiger partial charge is 0.384 e. The summed E-state index contributed by atoms with van der Waals surface area (Å²) in [6.07, 6.45) is 1.72. The number of thiazole rings is 1. The summed E-state index contributed by atoms with van der Waals surface area (Å²) in [6, 6.07) is 31.5. The van der Waals surface area contributed by atoms with E-state index in [4.69, 9.17) is 28.9 Å². The van der Waals surface area contributed by atoms with Gasteiger partial charge in [0.05, 0.1) is 10.1 Å². The van der Waals surface area contributed by atoms with Crippen LogP contribution in [0.3, 0.4) is 0 Å². The summed E-state index contributed by atoms with van der Waals surface area (Å²) in [5, 5.41) is 1.08. The van der Waals surface area contributed by atoms with Crippen LogP contribution in [0.4, 0.5) is 0 Å². The molecule has 6 rings (SSSR count). The molecule has 2 heterocycles. The molecular formula is C34H22Cl2N2O3S. The number of hydrogen-bond acceptors (Lipinski definition) is 5. The summed E-state index contributed by atoms with van der Waals surface area (Å²) in [5.74, 6) is -1.56. The van der Waals surface area contributed by atoms with Crippen molar-refractivity contribution in [3.8, 4) is 0 Å². The van der Waals surface area contributed by atoms with Crippen molar-refractivity contribution in [3.05, 3.63) is 167 Å². The molecule has 1 atom stereocenters. The first kappa shape index (κ1) is 27.7. The second kappa shape index (κ2) is 11.4. The lowest BCUT2D eigenvalue weighted by Gasteiger charge is -2.28. The van der Waals surface area contributed by atoms with Crippen LogP contribution in [-0.2, 0) is 0 Å². The van der Waals surface area contributed by atoms with Crippen LogP contribution in [0, 0.1) is 0 Å². The number of ketones is 2. The van der Waals surface area contributed by atoms with E-state index in [0.29, 0.717) is 35.9 Å². The fourth-order valence-corrected chi connectivity index (χ4v) is 6.51. The second-order valence-electron chi connectivity index (χ2n) is 9.70. The van der Waals surface area contributed by atoms with Crippen molar-refractivity contribution in [2.75, 3.05) is 0 Å². The molecule has 0 amide bonds. The molecule has 0 saturated carbocycles. The average Bonchev–Trinajstić information content (AvgIpc) is 3.34. The van der Waals surface area contributed by atoms with Crippen molar-refractivity contribution >= 4 is 63.6 Å². The third-order valence-electron chi connectivity index (χ3n) is 7.08. The zero-order chi connectivity index (χ0) is 29.4. The highest BCUT2D eigenvalue weighted by Gasteiger charge is 2.38. The number of hydrogen-bond donors (Lipinski definition) is 1. The van der Waals surface area contributed by atoms with Gasteiger partial charge < -0.3 is 5.73 Å². The number of carbonyl (C=O) groups excluding carboxylic acids is 2. The van der Waals surface area contributed by atoms with Crippen molar-refractivity contribution in [1.82, 2.24) is 4.57 Å². The van der Waals surface area contributed by atoms with Crippen LogP contribution < -0.4 is 20.5 Å². The van der Waals surface area contributed by atoms with E-state index in [1.165, 1.54) is 4.57 Å². The molecule has 1 aliphatic heterocycles. The first-order valence-electron chi connectivity index (χ1n) is 13.0. The Morgan fingerprint density at radius 1 is 0.714 bits per heavy atom. The Bertz CT molecular complexity index is 2050. The first-order chi connectivity index (χ1) is 20.3. The number of nitrogens with zero attached hydrogens (tertiary/aromatic N) is 1. The van der Waals surface area contributed by atoms with E-state index >= 15 is 0 Å². The third kappa shape index (κ3) is 5.05. The average molecular weight is 610 g/mol. The minimum atomic E-state index is -0.857. The van der Waals surface area contributed by atoms with Crippen LogP contribution >= 0.6 is 34.5 Å². The van der Waals surface area contributed by atoms with Gasteiger partial charge >= 0.3 is 0 Å². The van der Waals surface area contributed by atoms with Gasteiger partial charge in [0.1, 0.15) is 10.5 Å². The number of rotatable bonds is 6. The van der Waals surface area contributed by atoms with Crippen LogP contribution in [-0.4, -0.2) is 16.1 Å². The first-order valence-corrected chi connectivity index (χ1v) is 14.6. The molecule has 5 aromatic rings. The molecule has 0 fully saturated rings. The molecule has 0 aliphatic carbocycles. The molecular weight excluding hydrogens is 587 g/mol. The molecule has 0 spiro atoms. The van der Waals surface area contributed by atoms with E-state index in [-0.39, 0.29) is 28.5 Å². The molecule has 0 radical (unpaired) electrons. The molecule has 2 N–H and O–H groups in total. The van der Waals surface area contributed by atoms with E-state index in [0.717, 1.165) is 16.9 Å². The highest BCUT2D eigenvalue weighted by molar-refractivity contribution is 7.07. The number of carbonyl (C=O) groups is 2. The number of nitrogens with two attached hydrogens (primary N) is 1. The Morgan fingerprint density at radius 2 is 1.21 bits per heavy atom. The lowest BCUT2D eigenvalue weighted by atomic mass is 9.77. The van der Waals surface area contributed by atoms with Crippen LogP contribution in [0.5, 0.6) is 0 Å². The number of fused-ring (bicyclic) bond motifs is 1. The highest BCUT2D eigenvalue weighted by atomic mass is 35.5. The van der Waals surface area contributed by atoms with Gasteiger partial charge in [-0.05, 0) is 41.5 Å². The summed E-state index contributed by atoms with van der Waals surface area (Å²) >= 11 is 13.4. The summed E-state index contributed by atoms with van der Waals surface area (Å²) in [7, 11) is 0. The molecule has 4 aromatic carbocycles. The van der Waals surface area contributed by atoms with Crippen molar-refractivity contribution in [3.63, 3.8) is 0 Å². The van der Waals surface area contributed by atoms with E-state index in [9.17, 15) is 14.4 Å². The summed E-state index contributed by atoms with van der Waals surface area (Å²) in [4.78, 5) is 42.5. The minimum Gasteiger partial charge on any atom is -0.384 e. The van der Waals surface area contributed by atoms with Crippen molar-refractivity contribution in [1.29, 1.82) is 0 Å². The van der Waals surface area contributed by atoms with Crippen molar-refractivity contribution in [2.45, 2.75) is 5.92 Å². The molecule has 206 valence electrons. The van der Waals surface area contributed by atoms with Gasteiger partial charge in [0.25, 0.3) is 5.56 Å².